The van der Waals surface area contributed by atoms with E-state index in [1.807, 2.05) is 36.5 Å². The third-order valence-electron chi connectivity index (χ3n) is 5.31. The molecule has 2 aromatic heterocycles. The van der Waals surface area contributed by atoms with Crippen molar-refractivity contribution in [3.05, 3.63) is 88.0 Å². The van der Waals surface area contributed by atoms with Gasteiger partial charge in [-0.25, -0.2) is 4.98 Å². The number of carbonyl (C=O) groups excluding carboxylic acids is 1. The van der Waals surface area contributed by atoms with Gasteiger partial charge < -0.3 is 15.6 Å². The van der Waals surface area contributed by atoms with Crippen molar-refractivity contribution in [1.29, 1.82) is 0 Å². The number of hydrogen-bond donors (Lipinski definition) is 3. The zero-order valence-electron chi connectivity index (χ0n) is 16.2. The Labute approximate surface area is 178 Å². The molecule has 0 bridgehead atoms. The molecule has 1 aliphatic heterocycles. The number of aryl methyl sites for hydroxylation is 2. The monoisotopic (exact) mass is 417 g/mol. The molecule has 5 rings (SSSR count). The molecule has 0 unspecified atom stereocenters. The lowest BCUT2D eigenvalue weighted by molar-refractivity contribution is 0.102. The zero-order valence-corrected chi connectivity index (χ0v) is 17.0. The number of nitrogens with one attached hydrogen (secondary N) is 3. The average molecular weight is 418 g/mol. The van der Waals surface area contributed by atoms with Gasteiger partial charge in [0.15, 0.2) is 0 Å². The van der Waals surface area contributed by atoms with Gasteiger partial charge in [-0.3, -0.25) is 9.78 Å². The molecule has 30 heavy (non-hydrogen) atoms. The molecule has 0 saturated carbocycles. The van der Waals surface area contributed by atoms with Crippen molar-refractivity contribution in [1.82, 2.24) is 20.3 Å². The summed E-state index contributed by atoms with van der Waals surface area (Å²) in [4.78, 5) is 25.1. The van der Waals surface area contributed by atoms with Gasteiger partial charge in [-0.05, 0) is 53.4 Å². The number of halogens is 1. The first-order chi connectivity index (χ1) is 14.7. The quantitative estimate of drug-likeness (QED) is 0.453. The van der Waals surface area contributed by atoms with Crippen molar-refractivity contribution < 1.29 is 4.79 Å². The standard InChI is InChI=1S/C23H20ClN5O/c24-17-9-19(23(30)27-18-5-4-15-12-26-13-16(15)8-18)22-20(10-17)28-21(29-22)6-3-14-2-1-7-25-11-14/h1-2,4-5,7-11,26H,3,6,12-13H2,(H,27,30)(H,28,29). The van der Waals surface area contributed by atoms with Crippen LogP contribution in [0.3, 0.4) is 0 Å². The Kier molecular flexibility index (Phi) is 4.94. The molecule has 1 amide bonds. The highest BCUT2D eigenvalue weighted by Crippen LogP contribution is 2.25. The van der Waals surface area contributed by atoms with Gasteiger partial charge in [0, 0.05) is 42.6 Å². The van der Waals surface area contributed by atoms with E-state index in [0.717, 1.165) is 48.5 Å². The largest absolute Gasteiger partial charge is 0.342 e. The smallest absolute Gasteiger partial charge is 0.257 e. The fraction of sp³-hybridized carbons (Fsp3) is 0.174. The van der Waals surface area contributed by atoms with E-state index in [1.54, 1.807) is 18.3 Å². The number of aromatic amines is 1. The summed E-state index contributed by atoms with van der Waals surface area (Å²) in [5, 5.41) is 6.79. The molecule has 0 aliphatic carbocycles. The number of hydrogen-bond acceptors (Lipinski definition) is 4. The number of H-pyrrole nitrogens is 1. The van der Waals surface area contributed by atoms with E-state index >= 15 is 0 Å². The Morgan fingerprint density at radius 1 is 1.10 bits per heavy atom. The Balaban J connectivity index is 1.40. The van der Waals surface area contributed by atoms with Crippen LogP contribution in [0.5, 0.6) is 0 Å². The fourth-order valence-electron chi connectivity index (χ4n) is 3.80. The predicted octanol–water partition coefficient (Wildman–Crippen LogP) is 4.25. The highest BCUT2D eigenvalue weighted by Gasteiger charge is 2.17. The maximum atomic E-state index is 13.0. The topological polar surface area (TPSA) is 82.7 Å². The van der Waals surface area contributed by atoms with Gasteiger partial charge in [0.05, 0.1) is 11.1 Å². The van der Waals surface area contributed by atoms with Crippen LogP contribution in [-0.2, 0) is 25.9 Å². The lowest BCUT2D eigenvalue weighted by atomic mass is 10.1. The number of anilines is 1. The molecule has 0 saturated heterocycles. The molecule has 1 aliphatic rings. The van der Waals surface area contributed by atoms with Crippen LogP contribution in [-0.4, -0.2) is 20.9 Å². The molecule has 0 fully saturated rings. The van der Waals surface area contributed by atoms with Crippen molar-refractivity contribution in [3.8, 4) is 0 Å². The number of carbonyl (C=O) groups is 1. The van der Waals surface area contributed by atoms with E-state index in [-0.39, 0.29) is 5.91 Å². The minimum Gasteiger partial charge on any atom is -0.342 e. The number of benzene rings is 2. The fourth-order valence-corrected chi connectivity index (χ4v) is 4.02. The average Bonchev–Trinajstić information content (AvgIpc) is 3.38. The molecular formula is C23H20ClN5O. The normalized spacial score (nSPS) is 12.8. The summed E-state index contributed by atoms with van der Waals surface area (Å²) in [5.74, 6) is 0.590. The van der Waals surface area contributed by atoms with Gasteiger partial charge >= 0.3 is 0 Å². The minimum atomic E-state index is -0.223. The van der Waals surface area contributed by atoms with E-state index in [4.69, 9.17) is 11.6 Å². The van der Waals surface area contributed by atoms with Crippen molar-refractivity contribution >= 4 is 34.2 Å². The molecular weight excluding hydrogens is 398 g/mol. The van der Waals surface area contributed by atoms with Gasteiger partial charge in [0.2, 0.25) is 0 Å². The molecule has 7 heteroatoms. The van der Waals surface area contributed by atoms with Crippen LogP contribution in [0.2, 0.25) is 5.02 Å². The number of pyridine rings is 1. The van der Waals surface area contributed by atoms with Crippen molar-refractivity contribution in [3.63, 3.8) is 0 Å². The number of nitrogens with zero attached hydrogens (tertiary/aromatic N) is 2. The molecule has 3 heterocycles. The molecule has 0 spiro atoms. The molecule has 3 N–H and O–H groups in total. The van der Waals surface area contributed by atoms with Crippen LogP contribution in [0.1, 0.15) is 32.9 Å². The third kappa shape index (κ3) is 3.79. The number of imidazole rings is 1. The van der Waals surface area contributed by atoms with Crippen LogP contribution < -0.4 is 10.6 Å². The van der Waals surface area contributed by atoms with Gasteiger partial charge in [-0.1, -0.05) is 23.7 Å². The second-order valence-electron chi connectivity index (χ2n) is 7.44. The zero-order chi connectivity index (χ0) is 20.5. The highest BCUT2D eigenvalue weighted by molar-refractivity contribution is 6.32. The molecule has 0 radical (unpaired) electrons. The maximum Gasteiger partial charge on any atom is 0.257 e. The molecule has 2 aromatic carbocycles. The van der Waals surface area contributed by atoms with Gasteiger partial charge in [0.1, 0.15) is 11.3 Å². The number of aromatic nitrogens is 3. The minimum absolute atomic E-state index is 0.223. The Morgan fingerprint density at radius 3 is 2.87 bits per heavy atom. The molecule has 6 nitrogen and oxygen atoms in total. The Bertz CT molecular complexity index is 1240. The van der Waals surface area contributed by atoms with Crippen molar-refractivity contribution in [2.75, 3.05) is 5.32 Å². The van der Waals surface area contributed by atoms with Gasteiger partial charge in [0.25, 0.3) is 5.91 Å². The summed E-state index contributed by atoms with van der Waals surface area (Å²) in [5.41, 5.74) is 6.22. The molecule has 4 aromatic rings. The predicted molar refractivity (Wildman–Crippen MR) is 118 cm³/mol. The third-order valence-corrected chi connectivity index (χ3v) is 5.53. The number of rotatable bonds is 5. The van der Waals surface area contributed by atoms with E-state index in [2.05, 4.69) is 25.6 Å². The summed E-state index contributed by atoms with van der Waals surface area (Å²) >= 11 is 6.29. The first-order valence-electron chi connectivity index (χ1n) is 9.86. The van der Waals surface area contributed by atoms with E-state index in [1.165, 1.54) is 11.1 Å². The number of amides is 1. The van der Waals surface area contributed by atoms with Crippen LogP contribution >= 0.6 is 11.6 Å². The Hall–Kier alpha value is -3.22. The van der Waals surface area contributed by atoms with E-state index in [9.17, 15) is 4.79 Å². The first kappa shape index (κ1) is 18.8. The Morgan fingerprint density at radius 2 is 2.00 bits per heavy atom. The lowest BCUT2D eigenvalue weighted by Crippen LogP contribution is -2.13. The van der Waals surface area contributed by atoms with Gasteiger partial charge in [-0.2, -0.15) is 0 Å². The highest BCUT2D eigenvalue weighted by atomic mass is 35.5. The lowest BCUT2D eigenvalue weighted by Gasteiger charge is -2.08. The molecule has 150 valence electrons. The summed E-state index contributed by atoms with van der Waals surface area (Å²) in [6, 6.07) is 13.4. The van der Waals surface area contributed by atoms with Crippen LogP contribution in [0.4, 0.5) is 5.69 Å². The maximum absolute atomic E-state index is 13.0. The van der Waals surface area contributed by atoms with Crippen molar-refractivity contribution in [2.45, 2.75) is 25.9 Å². The summed E-state index contributed by atoms with van der Waals surface area (Å²) < 4.78 is 0. The summed E-state index contributed by atoms with van der Waals surface area (Å²) in [6.45, 7) is 1.69. The van der Waals surface area contributed by atoms with Crippen LogP contribution in [0.15, 0.2) is 54.9 Å². The number of fused-ring (bicyclic) bond motifs is 2. The van der Waals surface area contributed by atoms with Crippen molar-refractivity contribution in [2.24, 2.45) is 0 Å². The second kappa shape index (κ2) is 7.89. The van der Waals surface area contributed by atoms with Gasteiger partial charge in [-0.15, -0.1) is 0 Å². The second-order valence-corrected chi connectivity index (χ2v) is 7.87. The SMILES string of the molecule is O=C(Nc1ccc2c(c1)CNC2)c1cc(Cl)cc2[nH]c(CCc3cccnc3)nc12. The van der Waals surface area contributed by atoms with Crippen LogP contribution in [0, 0.1) is 0 Å². The summed E-state index contributed by atoms with van der Waals surface area (Å²) in [6.07, 6.45) is 5.14. The van der Waals surface area contributed by atoms with Crippen LogP contribution in [0.25, 0.3) is 11.0 Å². The first-order valence-corrected chi connectivity index (χ1v) is 10.2. The van der Waals surface area contributed by atoms with E-state index in [0.29, 0.717) is 16.1 Å². The summed E-state index contributed by atoms with van der Waals surface area (Å²) in [7, 11) is 0. The molecule has 0 atom stereocenters. The van der Waals surface area contributed by atoms with E-state index < -0.39 is 0 Å².